The number of hydrogen-bond acceptors (Lipinski definition) is 2. The Bertz CT molecular complexity index is 798. The van der Waals surface area contributed by atoms with Crippen LogP contribution in [0.25, 0.3) is 21.8 Å². The number of pyridine rings is 1. The zero-order chi connectivity index (χ0) is 12.0. The molecule has 0 atom stereocenters. The van der Waals surface area contributed by atoms with E-state index in [1.165, 1.54) is 6.07 Å². The van der Waals surface area contributed by atoms with E-state index in [1.807, 2.05) is 0 Å². The van der Waals surface area contributed by atoms with Crippen LogP contribution < -0.4 is 5.43 Å². The number of H-pyrrole nitrogens is 2. The summed E-state index contributed by atoms with van der Waals surface area (Å²) in [5, 5.41) is 10.2. The van der Waals surface area contributed by atoms with Gasteiger partial charge in [-0.3, -0.25) is 4.79 Å². The Kier molecular flexibility index (Phi) is 1.82. The lowest BCUT2D eigenvalue weighted by atomic mass is 10.1. The second-order valence-corrected chi connectivity index (χ2v) is 3.78. The molecule has 0 radical (unpaired) electrons. The molecule has 0 aliphatic heterocycles. The highest BCUT2D eigenvalue weighted by Gasteiger charge is 2.10. The molecule has 3 aromatic rings. The third-order valence-electron chi connectivity index (χ3n) is 2.76. The van der Waals surface area contributed by atoms with Crippen molar-refractivity contribution in [2.24, 2.45) is 0 Å². The van der Waals surface area contributed by atoms with Crippen LogP contribution in [-0.2, 0) is 0 Å². The summed E-state index contributed by atoms with van der Waals surface area (Å²) < 4.78 is 0. The number of carboxylic acid groups (broad SMARTS) is 1. The second kappa shape index (κ2) is 3.21. The summed E-state index contributed by atoms with van der Waals surface area (Å²) in [7, 11) is 0. The Morgan fingerprint density at radius 1 is 1.18 bits per heavy atom. The molecule has 3 N–H and O–H groups in total. The molecule has 0 saturated carbocycles. The third kappa shape index (κ3) is 1.32. The molecule has 0 aliphatic rings. The molecule has 2 heterocycles. The van der Waals surface area contributed by atoms with Crippen molar-refractivity contribution in [1.29, 1.82) is 0 Å². The van der Waals surface area contributed by atoms with E-state index in [2.05, 4.69) is 9.97 Å². The normalized spacial score (nSPS) is 11.1. The van der Waals surface area contributed by atoms with Gasteiger partial charge in [-0.1, -0.05) is 6.07 Å². The molecule has 5 nitrogen and oxygen atoms in total. The number of nitrogens with one attached hydrogen (secondary N) is 2. The fourth-order valence-electron chi connectivity index (χ4n) is 1.96. The van der Waals surface area contributed by atoms with Crippen LogP contribution in [0.15, 0.2) is 35.3 Å². The van der Waals surface area contributed by atoms with Gasteiger partial charge in [0.2, 0.25) is 0 Å². The van der Waals surface area contributed by atoms with Crippen LogP contribution in [0.1, 0.15) is 10.5 Å². The van der Waals surface area contributed by atoms with E-state index in [4.69, 9.17) is 5.11 Å². The highest BCUT2D eigenvalue weighted by molar-refractivity contribution is 6.05. The molecule has 3 rings (SSSR count). The van der Waals surface area contributed by atoms with Crippen molar-refractivity contribution < 1.29 is 9.90 Å². The van der Waals surface area contributed by atoms with Gasteiger partial charge < -0.3 is 15.1 Å². The first-order chi connectivity index (χ1) is 8.16. The molecule has 0 spiro atoms. The number of hydrogen-bond donors (Lipinski definition) is 3. The van der Waals surface area contributed by atoms with Crippen LogP contribution in [0.5, 0.6) is 0 Å². The van der Waals surface area contributed by atoms with Crippen molar-refractivity contribution in [3.05, 3.63) is 46.4 Å². The smallest absolute Gasteiger partial charge is 0.352 e. The van der Waals surface area contributed by atoms with Crippen LogP contribution in [0.2, 0.25) is 0 Å². The van der Waals surface area contributed by atoms with Gasteiger partial charge in [0.05, 0.1) is 11.0 Å². The van der Waals surface area contributed by atoms with Crippen LogP contribution in [-0.4, -0.2) is 21.0 Å². The summed E-state index contributed by atoms with van der Waals surface area (Å²) in [5.41, 5.74) is 1.28. The molecule has 5 heteroatoms. The summed E-state index contributed by atoms with van der Waals surface area (Å²) >= 11 is 0. The topological polar surface area (TPSA) is 85.9 Å². The standard InChI is InChI=1S/C12H8N2O3/c15-9-3-4-13-11-7(9)2-1-6-5-8(12(16)17)14-10(6)11/h1-5,14H,(H,13,15)(H,16,17). The maximum atomic E-state index is 11.6. The van der Waals surface area contributed by atoms with Crippen molar-refractivity contribution in [3.63, 3.8) is 0 Å². The molecular weight excluding hydrogens is 220 g/mol. The molecule has 84 valence electrons. The van der Waals surface area contributed by atoms with Crippen molar-refractivity contribution in [1.82, 2.24) is 9.97 Å². The largest absolute Gasteiger partial charge is 0.477 e. The van der Waals surface area contributed by atoms with Gasteiger partial charge >= 0.3 is 5.97 Å². The van der Waals surface area contributed by atoms with E-state index in [0.29, 0.717) is 16.4 Å². The fourth-order valence-corrected chi connectivity index (χ4v) is 1.96. The first kappa shape index (κ1) is 9.65. The molecule has 0 amide bonds. The number of aromatic carboxylic acids is 1. The predicted octanol–water partition coefficient (Wildman–Crippen LogP) is 1.71. The lowest BCUT2D eigenvalue weighted by Crippen LogP contribution is -2.00. The minimum absolute atomic E-state index is 0.0906. The fraction of sp³-hybridized carbons (Fsp3) is 0. The molecular formula is C12H8N2O3. The Labute approximate surface area is 94.7 Å². The number of carboxylic acids is 1. The lowest BCUT2D eigenvalue weighted by molar-refractivity contribution is 0.0691. The van der Waals surface area contributed by atoms with Crippen LogP contribution in [0.4, 0.5) is 0 Å². The van der Waals surface area contributed by atoms with E-state index in [0.717, 1.165) is 5.39 Å². The molecule has 1 aromatic carbocycles. The minimum atomic E-state index is -1.02. The quantitative estimate of drug-likeness (QED) is 0.592. The van der Waals surface area contributed by atoms with Gasteiger partial charge in [0.15, 0.2) is 5.43 Å². The molecule has 2 aromatic heterocycles. The molecule has 0 aliphatic carbocycles. The average Bonchev–Trinajstić information content (AvgIpc) is 2.73. The molecule has 0 saturated heterocycles. The number of benzene rings is 1. The van der Waals surface area contributed by atoms with Crippen LogP contribution >= 0.6 is 0 Å². The molecule has 0 unspecified atom stereocenters. The van der Waals surface area contributed by atoms with Gasteiger partial charge in [0, 0.05) is 23.0 Å². The van der Waals surface area contributed by atoms with Crippen molar-refractivity contribution >= 4 is 27.8 Å². The van der Waals surface area contributed by atoms with Gasteiger partial charge in [0.1, 0.15) is 5.69 Å². The van der Waals surface area contributed by atoms with E-state index in [9.17, 15) is 9.59 Å². The first-order valence-electron chi connectivity index (χ1n) is 5.03. The number of rotatable bonds is 1. The van der Waals surface area contributed by atoms with Gasteiger partial charge in [-0.15, -0.1) is 0 Å². The summed E-state index contributed by atoms with van der Waals surface area (Å²) in [6.45, 7) is 0. The van der Waals surface area contributed by atoms with Crippen LogP contribution in [0, 0.1) is 0 Å². The Morgan fingerprint density at radius 2 is 2.00 bits per heavy atom. The lowest BCUT2D eigenvalue weighted by Gasteiger charge is -1.98. The minimum Gasteiger partial charge on any atom is -0.477 e. The summed E-state index contributed by atoms with van der Waals surface area (Å²) in [6, 6.07) is 6.41. The summed E-state index contributed by atoms with van der Waals surface area (Å²) in [4.78, 5) is 28.2. The average molecular weight is 228 g/mol. The van der Waals surface area contributed by atoms with Gasteiger partial charge in [-0.2, -0.15) is 0 Å². The molecule has 0 bridgehead atoms. The number of aromatic amines is 2. The van der Waals surface area contributed by atoms with Gasteiger partial charge in [-0.05, 0) is 12.1 Å². The zero-order valence-corrected chi connectivity index (χ0v) is 8.65. The van der Waals surface area contributed by atoms with Crippen molar-refractivity contribution in [3.8, 4) is 0 Å². The highest BCUT2D eigenvalue weighted by atomic mass is 16.4. The van der Waals surface area contributed by atoms with Crippen molar-refractivity contribution in [2.45, 2.75) is 0 Å². The van der Waals surface area contributed by atoms with Crippen LogP contribution in [0.3, 0.4) is 0 Å². The summed E-state index contributed by atoms with van der Waals surface area (Å²) in [5.74, 6) is -1.02. The van der Waals surface area contributed by atoms with E-state index in [1.54, 1.807) is 24.4 Å². The summed E-state index contributed by atoms with van der Waals surface area (Å²) in [6.07, 6.45) is 1.55. The Morgan fingerprint density at radius 3 is 2.76 bits per heavy atom. The SMILES string of the molecule is O=C(O)c1cc2ccc3c(=O)cc[nH]c3c2[nH]1. The van der Waals surface area contributed by atoms with E-state index >= 15 is 0 Å². The maximum Gasteiger partial charge on any atom is 0.352 e. The van der Waals surface area contributed by atoms with E-state index < -0.39 is 5.97 Å². The Hall–Kier alpha value is -2.56. The molecule has 0 fully saturated rings. The van der Waals surface area contributed by atoms with E-state index in [-0.39, 0.29) is 11.1 Å². The highest BCUT2D eigenvalue weighted by Crippen LogP contribution is 2.21. The molecule has 17 heavy (non-hydrogen) atoms. The van der Waals surface area contributed by atoms with Gasteiger partial charge in [-0.25, -0.2) is 4.79 Å². The number of aromatic nitrogens is 2. The van der Waals surface area contributed by atoms with Gasteiger partial charge in [0.25, 0.3) is 0 Å². The maximum absolute atomic E-state index is 11.6. The first-order valence-corrected chi connectivity index (χ1v) is 5.03. The third-order valence-corrected chi connectivity index (χ3v) is 2.76. The predicted molar refractivity (Wildman–Crippen MR) is 63.4 cm³/mol. The van der Waals surface area contributed by atoms with Crippen molar-refractivity contribution in [2.75, 3.05) is 0 Å². The monoisotopic (exact) mass is 228 g/mol. The zero-order valence-electron chi connectivity index (χ0n) is 8.65. The number of fused-ring (bicyclic) bond motifs is 3. The number of carbonyl (C=O) groups is 1. The second-order valence-electron chi connectivity index (χ2n) is 3.78. The Balaban J connectivity index is 2.51.